The number of carbonyl (C=O) groups is 2. The summed E-state index contributed by atoms with van der Waals surface area (Å²) in [7, 11) is 0. The predicted octanol–water partition coefficient (Wildman–Crippen LogP) is 2.23. The van der Waals surface area contributed by atoms with Gasteiger partial charge in [-0.2, -0.15) is 0 Å². The van der Waals surface area contributed by atoms with Gasteiger partial charge in [-0.1, -0.05) is 38.5 Å². The van der Waals surface area contributed by atoms with Crippen LogP contribution >= 0.6 is 0 Å². The average molecular weight is 280 g/mol. The van der Waals surface area contributed by atoms with Crippen LogP contribution in [0.5, 0.6) is 0 Å². The Morgan fingerprint density at radius 2 is 1.30 bits per heavy atom. The molecule has 1 aliphatic heterocycles. The number of amides is 3. The van der Waals surface area contributed by atoms with Crippen LogP contribution in [-0.4, -0.2) is 45.2 Å². The summed E-state index contributed by atoms with van der Waals surface area (Å²) in [6, 6.07) is -0.197. The van der Waals surface area contributed by atoms with Crippen molar-refractivity contribution in [2.24, 2.45) is 0 Å². The van der Waals surface area contributed by atoms with E-state index in [0.29, 0.717) is 0 Å². The van der Waals surface area contributed by atoms with E-state index >= 15 is 0 Å². The smallest absolute Gasteiger partial charge is 0.329 e. The number of nitrogens with zero attached hydrogens (tertiary/aromatic N) is 2. The molecule has 1 N–H and O–H groups in total. The third-order valence-corrected chi connectivity index (χ3v) is 5.06. The number of hydrogen-bond donors (Lipinski definition) is 1. The van der Waals surface area contributed by atoms with E-state index < -0.39 is 12.1 Å². The molecule has 3 amide bonds. The summed E-state index contributed by atoms with van der Waals surface area (Å²) in [5.74, 6) is -0.396. The Bertz CT molecular complexity index is 387. The second-order valence-corrected chi connectivity index (χ2v) is 6.36. The minimum Gasteiger partial charge on any atom is -0.365 e. The molecule has 1 saturated heterocycles. The maximum absolute atomic E-state index is 12.6. The summed E-state index contributed by atoms with van der Waals surface area (Å²) in [5, 5.41) is 10.2. The highest BCUT2D eigenvalue weighted by Gasteiger charge is 2.49. The van der Waals surface area contributed by atoms with E-state index in [0.717, 1.165) is 51.4 Å². The molecule has 2 aliphatic carbocycles. The highest BCUT2D eigenvalue weighted by molar-refractivity contribution is 6.03. The molecule has 0 aromatic carbocycles. The van der Waals surface area contributed by atoms with E-state index in [2.05, 4.69) is 0 Å². The van der Waals surface area contributed by atoms with E-state index in [1.54, 1.807) is 0 Å². The maximum atomic E-state index is 12.6. The topological polar surface area (TPSA) is 60.9 Å². The lowest BCUT2D eigenvalue weighted by atomic mass is 9.94. The maximum Gasteiger partial charge on any atom is 0.329 e. The minimum absolute atomic E-state index is 0.00647. The zero-order valence-electron chi connectivity index (χ0n) is 12.0. The summed E-state index contributed by atoms with van der Waals surface area (Å²) in [6.45, 7) is 0. The molecule has 2 saturated carbocycles. The second kappa shape index (κ2) is 5.72. The molecule has 5 heteroatoms. The van der Waals surface area contributed by atoms with Gasteiger partial charge in [0.2, 0.25) is 6.23 Å². The molecule has 3 fully saturated rings. The molecular weight excluding hydrogens is 256 g/mol. The summed E-state index contributed by atoms with van der Waals surface area (Å²) >= 11 is 0. The van der Waals surface area contributed by atoms with Crippen molar-refractivity contribution in [3.05, 3.63) is 0 Å². The fourth-order valence-electron chi connectivity index (χ4n) is 3.96. The van der Waals surface area contributed by atoms with Gasteiger partial charge in [0.25, 0.3) is 5.91 Å². The molecule has 1 atom stereocenters. The van der Waals surface area contributed by atoms with Gasteiger partial charge in [-0.05, 0) is 25.7 Å². The van der Waals surface area contributed by atoms with Gasteiger partial charge in [0.05, 0.1) is 0 Å². The summed E-state index contributed by atoms with van der Waals surface area (Å²) in [5.41, 5.74) is 0. The van der Waals surface area contributed by atoms with E-state index in [1.807, 2.05) is 0 Å². The zero-order valence-corrected chi connectivity index (χ0v) is 12.0. The van der Waals surface area contributed by atoms with E-state index in [9.17, 15) is 14.7 Å². The molecule has 3 aliphatic rings. The molecule has 112 valence electrons. The highest BCUT2D eigenvalue weighted by Crippen LogP contribution is 2.32. The molecule has 0 radical (unpaired) electrons. The Morgan fingerprint density at radius 1 is 0.800 bits per heavy atom. The molecule has 1 unspecified atom stereocenters. The van der Waals surface area contributed by atoms with Crippen molar-refractivity contribution in [2.45, 2.75) is 82.5 Å². The normalized spacial score (nSPS) is 30.4. The molecule has 0 bridgehead atoms. The first kappa shape index (κ1) is 13.9. The van der Waals surface area contributed by atoms with Crippen LogP contribution < -0.4 is 0 Å². The van der Waals surface area contributed by atoms with Crippen LogP contribution in [-0.2, 0) is 4.79 Å². The van der Waals surface area contributed by atoms with Crippen molar-refractivity contribution in [3.63, 3.8) is 0 Å². The van der Waals surface area contributed by atoms with Crippen LogP contribution in [0.1, 0.15) is 64.2 Å². The molecule has 0 aromatic rings. The number of imide groups is 1. The Balaban J connectivity index is 1.76. The number of hydrogen-bond acceptors (Lipinski definition) is 3. The van der Waals surface area contributed by atoms with Crippen LogP contribution in [0.2, 0.25) is 0 Å². The molecule has 20 heavy (non-hydrogen) atoms. The number of aliphatic hydroxyl groups excluding tert-OH is 1. The minimum atomic E-state index is -1.24. The van der Waals surface area contributed by atoms with Gasteiger partial charge >= 0.3 is 6.03 Å². The molecular formula is C15H24N2O3. The first-order chi connectivity index (χ1) is 9.70. The first-order valence-electron chi connectivity index (χ1n) is 8.03. The van der Waals surface area contributed by atoms with Gasteiger partial charge in [-0.3, -0.25) is 14.6 Å². The van der Waals surface area contributed by atoms with Crippen LogP contribution in [0.25, 0.3) is 0 Å². The largest absolute Gasteiger partial charge is 0.365 e. The highest BCUT2D eigenvalue weighted by atomic mass is 16.3. The number of urea groups is 1. The van der Waals surface area contributed by atoms with E-state index in [4.69, 9.17) is 0 Å². The van der Waals surface area contributed by atoms with Gasteiger partial charge < -0.3 is 5.11 Å². The number of aliphatic hydroxyl groups is 1. The van der Waals surface area contributed by atoms with Crippen LogP contribution in [0, 0.1) is 0 Å². The Morgan fingerprint density at radius 3 is 1.85 bits per heavy atom. The van der Waals surface area contributed by atoms with Crippen LogP contribution in [0.4, 0.5) is 4.79 Å². The predicted molar refractivity (Wildman–Crippen MR) is 73.8 cm³/mol. The van der Waals surface area contributed by atoms with Crippen LogP contribution in [0.15, 0.2) is 0 Å². The number of carbonyl (C=O) groups excluding carboxylic acids is 2. The lowest BCUT2D eigenvalue weighted by Crippen LogP contribution is -2.45. The zero-order chi connectivity index (χ0) is 14.1. The summed E-state index contributed by atoms with van der Waals surface area (Å²) in [6.07, 6.45) is 9.04. The fraction of sp³-hybridized carbons (Fsp3) is 0.867. The standard InChI is InChI=1S/C15H24N2O3/c18-13-14(19)17(12-9-5-2-6-10-12)15(20)16(13)11-7-3-1-4-8-11/h11-13,18H,1-10H2. The molecule has 0 aromatic heterocycles. The average Bonchev–Trinajstić information content (AvgIpc) is 2.71. The molecule has 3 rings (SSSR count). The summed E-state index contributed by atoms with van der Waals surface area (Å²) < 4.78 is 0. The lowest BCUT2D eigenvalue weighted by molar-refractivity contribution is -0.139. The van der Waals surface area contributed by atoms with Crippen molar-refractivity contribution >= 4 is 11.9 Å². The Kier molecular flexibility index (Phi) is 3.96. The lowest BCUT2D eigenvalue weighted by Gasteiger charge is -2.33. The van der Waals surface area contributed by atoms with Gasteiger partial charge in [-0.25, -0.2) is 4.79 Å². The monoisotopic (exact) mass is 280 g/mol. The number of rotatable bonds is 2. The van der Waals surface area contributed by atoms with Gasteiger partial charge in [0, 0.05) is 12.1 Å². The van der Waals surface area contributed by atoms with E-state index in [1.165, 1.54) is 22.6 Å². The third-order valence-electron chi connectivity index (χ3n) is 5.06. The van der Waals surface area contributed by atoms with Crippen LogP contribution in [0.3, 0.4) is 0 Å². The van der Waals surface area contributed by atoms with Crippen molar-refractivity contribution in [1.82, 2.24) is 9.80 Å². The van der Waals surface area contributed by atoms with E-state index in [-0.39, 0.29) is 18.1 Å². The molecule has 5 nitrogen and oxygen atoms in total. The second-order valence-electron chi connectivity index (χ2n) is 6.36. The summed E-state index contributed by atoms with van der Waals surface area (Å²) in [4.78, 5) is 27.7. The fourth-order valence-corrected chi connectivity index (χ4v) is 3.96. The quantitative estimate of drug-likeness (QED) is 0.789. The molecule has 1 heterocycles. The molecule has 0 spiro atoms. The third kappa shape index (κ3) is 2.32. The van der Waals surface area contributed by atoms with Crippen molar-refractivity contribution < 1.29 is 14.7 Å². The van der Waals surface area contributed by atoms with Gasteiger partial charge in [0.1, 0.15) is 0 Å². The van der Waals surface area contributed by atoms with Crippen molar-refractivity contribution in [3.8, 4) is 0 Å². The van der Waals surface area contributed by atoms with Gasteiger partial charge in [0.15, 0.2) is 0 Å². The SMILES string of the molecule is O=C1C(O)N(C2CCCCC2)C(=O)N1C1CCCCC1. The van der Waals surface area contributed by atoms with Crippen molar-refractivity contribution in [2.75, 3.05) is 0 Å². The first-order valence-corrected chi connectivity index (χ1v) is 8.03. The Labute approximate surface area is 119 Å². The van der Waals surface area contributed by atoms with Gasteiger partial charge in [-0.15, -0.1) is 0 Å². The Hall–Kier alpha value is -1.10. The van der Waals surface area contributed by atoms with Crippen molar-refractivity contribution in [1.29, 1.82) is 0 Å².